The third-order valence-electron chi connectivity index (χ3n) is 5.71. The molecule has 0 spiro atoms. The van der Waals surface area contributed by atoms with E-state index < -0.39 is 49.0 Å². The second-order valence-corrected chi connectivity index (χ2v) is 8.13. The van der Waals surface area contributed by atoms with Crippen LogP contribution in [-0.4, -0.2) is 99.7 Å². The molecule has 2 fully saturated rings. The summed E-state index contributed by atoms with van der Waals surface area (Å²) < 4.78 is 22.2. The van der Waals surface area contributed by atoms with Crippen molar-refractivity contribution in [3.63, 3.8) is 0 Å². The Morgan fingerprint density at radius 3 is 2.35 bits per heavy atom. The number of phenolic OH excluding ortho intramolecular Hbond substituents is 1. The van der Waals surface area contributed by atoms with Gasteiger partial charge in [0.1, 0.15) is 36.3 Å². The molecular weight excluding hydrogens is 412 g/mol. The van der Waals surface area contributed by atoms with E-state index in [0.29, 0.717) is 12.8 Å². The second-order valence-electron chi connectivity index (χ2n) is 8.13. The molecule has 2 aliphatic rings. The first-order valence-corrected chi connectivity index (χ1v) is 10.4. The van der Waals surface area contributed by atoms with E-state index in [-0.39, 0.29) is 31.7 Å². The van der Waals surface area contributed by atoms with Gasteiger partial charge in [-0.25, -0.2) is 0 Å². The van der Waals surface area contributed by atoms with E-state index in [0.717, 1.165) is 5.56 Å². The fourth-order valence-corrected chi connectivity index (χ4v) is 3.63. The smallest absolute Gasteiger partial charge is 0.186 e. The lowest BCUT2D eigenvalue weighted by Crippen LogP contribution is -2.60. The minimum Gasteiger partial charge on any atom is -0.508 e. The molecule has 0 unspecified atom stereocenters. The Kier molecular flexibility index (Phi) is 8.62. The molecule has 176 valence electrons. The fourth-order valence-electron chi connectivity index (χ4n) is 3.63. The highest BCUT2D eigenvalue weighted by atomic mass is 16.7. The number of rotatable bonds is 9. The maximum absolute atomic E-state index is 10.3. The highest BCUT2D eigenvalue weighted by Gasteiger charge is 2.46. The van der Waals surface area contributed by atoms with Crippen molar-refractivity contribution in [2.24, 2.45) is 5.92 Å². The number of phenols is 1. The van der Waals surface area contributed by atoms with Crippen molar-refractivity contribution in [1.82, 2.24) is 0 Å². The zero-order valence-electron chi connectivity index (χ0n) is 17.4. The summed E-state index contributed by atoms with van der Waals surface area (Å²) in [6.07, 6.45) is -7.64. The van der Waals surface area contributed by atoms with Crippen LogP contribution in [0.3, 0.4) is 0 Å². The van der Waals surface area contributed by atoms with Crippen molar-refractivity contribution in [2.45, 2.75) is 69.0 Å². The molecule has 0 saturated carbocycles. The van der Waals surface area contributed by atoms with Crippen LogP contribution in [0.1, 0.15) is 18.9 Å². The molecule has 31 heavy (non-hydrogen) atoms. The molecule has 1 aromatic carbocycles. The van der Waals surface area contributed by atoms with Crippen LogP contribution in [0.2, 0.25) is 0 Å². The molecule has 6 N–H and O–H groups in total. The van der Waals surface area contributed by atoms with Gasteiger partial charge in [0.05, 0.1) is 25.9 Å². The van der Waals surface area contributed by atoms with Gasteiger partial charge in [-0.1, -0.05) is 12.1 Å². The predicted molar refractivity (Wildman–Crippen MR) is 106 cm³/mol. The molecule has 0 amide bonds. The summed E-state index contributed by atoms with van der Waals surface area (Å²) in [4.78, 5) is 0. The fraction of sp³-hybridized carbons (Fsp3) is 0.714. The second kappa shape index (κ2) is 11.0. The SMILES string of the molecule is C[C@@H](CCc1ccc(O)cc1)O[C@@H]1O[C@H](CO[C@H]2OC[C@@H](CO)[C@@H]2O)[C@@H](O)[C@H](O)[C@H]1O. The first-order chi connectivity index (χ1) is 14.8. The largest absolute Gasteiger partial charge is 0.508 e. The van der Waals surface area contributed by atoms with Gasteiger partial charge in [0.25, 0.3) is 0 Å². The number of aliphatic hydroxyl groups excluding tert-OH is 5. The molecule has 10 heteroatoms. The average Bonchev–Trinajstić information content (AvgIpc) is 3.12. The third kappa shape index (κ3) is 6.13. The molecule has 2 saturated heterocycles. The maximum atomic E-state index is 10.3. The van der Waals surface area contributed by atoms with Crippen LogP contribution < -0.4 is 0 Å². The summed E-state index contributed by atoms with van der Waals surface area (Å²) in [6, 6.07) is 6.82. The quantitative estimate of drug-likeness (QED) is 0.276. The standard InChI is InChI=1S/C21H32O10/c1-11(2-3-12-4-6-14(23)7-5-12)30-21-19(27)18(26)17(25)15(31-21)10-29-20-16(24)13(8-22)9-28-20/h4-7,11,13,15-27H,2-3,8-10H2,1H3/t11-,13+,15+,16-,17+,18-,19+,20+,21+/m0/s1. The predicted octanol–water partition coefficient (Wildman–Crippen LogP) is -1.12. The zero-order valence-corrected chi connectivity index (χ0v) is 17.4. The lowest BCUT2D eigenvalue weighted by Gasteiger charge is -2.41. The van der Waals surface area contributed by atoms with E-state index in [1.165, 1.54) is 0 Å². The first kappa shape index (κ1) is 24.3. The van der Waals surface area contributed by atoms with Gasteiger partial charge in [-0.15, -0.1) is 0 Å². The Morgan fingerprint density at radius 1 is 1.00 bits per heavy atom. The van der Waals surface area contributed by atoms with Crippen LogP contribution in [0, 0.1) is 5.92 Å². The molecule has 0 bridgehead atoms. The van der Waals surface area contributed by atoms with E-state index >= 15 is 0 Å². The molecule has 3 rings (SSSR count). The Bertz CT molecular complexity index is 671. The monoisotopic (exact) mass is 444 g/mol. The number of aromatic hydroxyl groups is 1. The van der Waals surface area contributed by atoms with Gasteiger partial charge in [0.2, 0.25) is 0 Å². The summed E-state index contributed by atoms with van der Waals surface area (Å²) in [5.74, 6) is -0.268. The van der Waals surface area contributed by atoms with Gasteiger partial charge in [-0.05, 0) is 37.5 Å². The van der Waals surface area contributed by atoms with Crippen LogP contribution >= 0.6 is 0 Å². The number of ether oxygens (including phenoxy) is 4. The molecular formula is C21H32O10. The van der Waals surface area contributed by atoms with Gasteiger partial charge in [0, 0.05) is 5.92 Å². The molecule has 10 nitrogen and oxygen atoms in total. The molecule has 0 radical (unpaired) electrons. The van der Waals surface area contributed by atoms with Crippen LogP contribution in [0.5, 0.6) is 5.75 Å². The summed E-state index contributed by atoms with van der Waals surface area (Å²) in [5.41, 5.74) is 1.01. The Morgan fingerprint density at radius 2 is 1.71 bits per heavy atom. The van der Waals surface area contributed by atoms with Crippen molar-refractivity contribution in [2.75, 3.05) is 19.8 Å². The zero-order chi connectivity index (χ0) is 22.5. The number of aryl methyl sites for hydroxylation is 1. The van der Waals surface area contributed by atoms with E-state index in [1.54, 1.807) is 19.1 Å². The summed E-state index contributed by atoms with van der Waals surface area (Å²) in [6.45, 7) is 1.48. The van der Waals surface area contributed by atoms with E-state index in [1.807, 2.05) is 12.1 Å². The maximum Gasteiger partial charge on any atom is 0.186 e. The number of hydrogen-bond acceptors (Lipinski definition) is 10. The highest BCUT2D eigenvalue weighted by Crippen LogP contribution is 2.26. The van der Waals surface area contributed by atoms with E-state index in [9.17, 15) is 30.6 Å². The molecule has 2 aliphatic heterocycles. The van der Waals surface area contributed by atoms with Crippen molar-refractivity contribution in [1.29, 1.82) is 0 Å². The van der Waals surface area contributed by atoms with Crippen molar-refractivity contribution in [3.8, 4) is 5.75 Å². The topological polar surface area (TPSA) is 158 Å². The van der Waals surface area contributed by atoms with Gasteiger partial charge < -0.3 is 49.6 Å². The molecule has 0 aliphatic carbocycles. The van der Waals surface area contributed by atoms with Gasteiger partial charge in [-0.2, -0.15) is 0 Å². The summed E-state index contributed by atoms with van der Waals surface area (Å²) >= 11 is 0. The van der Waals surface area contributed by atoms with Crippen LogP contribution in [0.4, 0.5) is 0 Å². The summed E-state index contributed by atoms with van der Waals surface area (Å²) in [7, 11) is 0. The number of hydrogen-bond donors (Lipinski definition) is 6. The Balaban J connectivity index is 1.50. The van der Waals surface area contributed by atoms with Crippen molar-refractivity contribution < 1.29 is 49.6 Å². The van der Waals surface area contributed by atoms with Gasteiger partial charge in [0.15, 0.2) is 12.6 Å². The summed E-state index contributed by atoms with van der Waals surface area (Å²) in [5, 5.41) is 59.3. The third-order valence-corrected chi connectivity index (χ3v) is 5.71. The normalized spacial score (nSPS) is 37.1. The first-order valence-electron chi connectivity index (χ1n) is 10.4. The average molecular weight is 444 g/mol. The van der Waals surface area contributed by atoms with E-state index in [4.69, 9.17) is 18.9 Å². The molecule has 0 aromatic heterocycles. The van der Waals surface area contributed by atoms with Crippen LogP contribution in [0.15, 0.2) is 24.3 Å². The number of benzene rings is 1. The van der Waals surface area contributed by atoms with E-state index in [2.05, 4.69) is 0 Å². The van der Waals surface area contributed by atoms with Gasteiger partial charge in [-0.3, -0.25) is 0 Å². The highest BCUT2D eigenvalue weighted by molar-refractivity contribution is 5.25. The Labute approximate surface area is 180 Å². The van der Waals surface area contributed by atoms with Gasteiger partial charge >= 0.3 is 0 Å². The van der Waals surface area contributed by atoms with Crippen LogP contribution in [-0.2, 0) is 25.4 Å². The minimum absolute atomic E-state index is 0.141. The molecule has 2 heterocycles. The lowest BCUT2D eigenvalue weighted by molar-refractivity contribution is -0.317. The molecule has 9 atom stereocenters. The number of aliphatic hydroxyl groups is 5. The van der Waals surface area contributed by atoms with Crippen molar-refractivity contribution >= 4 is 0 Å². The van der Waals surface area contributed by atoms with Crippen molar-refractivity contribution in [3.05, 3.63) is 29.8 Å². The Hall–Kier alpha value is -1.34. The van der Waals surface area contributed by atoms with Crippen LogP contribution in [0.25, 0.3) is 0 Å². The molecule has 1 aromatic rings. The minimum atomic E-state index is -1.50. The lowest BCUT2D eigenvalue weighted by atomic mass is 9.99.